The fraction of sp³-hybridized carbons (Fsp3) is 0.516. The van der Waals surface area contributed by atoms with Gasteiger partial charge in [-0.15, -0.1) is 0 Å². The van der Waals surface area contributed by atoms with Crippen molar-refractivity contribution in [3.05, 3.63) is 67.1 Å². The number of carbonyl (C=O) groups excluding carboxylic acids is 1. The van der Waals surface area contributed by atoms with Gasteiger partial charge in [0.25, 0.3) is 5.56 Å². The van der Waals surface area contributed by atoms with Crippen molar-refractivity contribution >= 4 is 55.3 Å². The molecule has 1 fully saturated rings. The van der Waals surface area contributed by atoms with Crippen molar-refractivity contribution in [3.63, 3.8) is 0 Å². The molecule has 1 unspecified atom stereocenters. The van der Waals surface area contributed by atoms with Gasteiger partial charge in [-0.2, -0.15) is 13.2 Å². The number of nitrogens with one attached hydrogen (secondary N) is 1. The number of amides is 1. The predicted molar refractivity (Wildman–Crippen MR) is 175 cm³/mol. The molecule has 45 heavy (non-hydrogen) atoms. The van der Waals surface area contributed by atoms with E-state index in [0.717, 1.165) is 38.4 Å². The minimum absolute atomic E-state index is 0.0160. The fourth-order valence-electron chi connectivity index (χ4n) is 4.86. The van der Waals surface area contributed by atoms with Crippen LogP contribution in [0.4, 0.5) is 18.0 Å². The van der Waals surface area contributed by atoms with Crippen LogP contribution in [-0.4, -0.2) is 55.7 Å². The van der Waals surface area contributed by atoms with Crippen LogP contribution < -0.4 is 10.9 Å². The fourth-order valence-corrected chi connectivity index (χ4v) is 6.65. The first-order valence-corrected chi connectivity index (χ1v) is 17.2. The molecule has 1 saturated heterocycles. The summed E-state index contributed by atoms with van der Waals surface area (Å²) in [5, 5.41) is 2.82. The van der Waals surface area contributed by atoms with Gasteiger partial charge in [0.1, 0.15) is 5.60 Å². The highest BCUT2D eigenvalue weighted by atomic mass is 79.9. The van der Waals surface area contributed by atoms with Crippen LogP contribution in [0.2, 0.25) is 5.02 Å². The van der Waals surface area contributed by atoms with E-state index in [0.29, 0.717) is 27.8 Å². The monoisotopic (exact) mass is 734 g/mol. The molecule has 1 aliphatic rings. The van der Waals surface area contributed by atoms with Crippen LogP contribution in [0.3, 0.4) is 0 Å². The molecule has 0 bridgehead atoms. The number of carbonyl (C=O) groups is 1. The lowest BCUT2D eigenvalue weighted by Gasteiger charge is -2.28. The van der Waals surface area contributed by atoms with Gasteiger partial charge in [0.15, 0.2) is 0 Å². The van der Waals surface area contributed by atoms with Crippen molar-refractivity contribution in [1.82, 2.24) is 19.8 Å². The van der Waals surface area contributed by atoms with Gasteiger partial charge in [0, 0.05) is 33.2 Å². The highest BCUT2D eigenvalue weighted by Gasteiger charge is 2.36. The van der Waals surface area contributed by atoms with Gasteiger partial charge >= 0.3 is 12.3 Å². The van der Waals surface area contributed by atoms with E-state index >= 15 is 0 Å². The molecule has 1 aromatic heterocycles. The number of likely N-dealkylation sites (tertiary alicyclic amines) is 1. The van der Waals surface area contributed by atoms with E-state index in [1.54, 1.807) is 25.1 Å². The van der Waals surface area contributed by atoms with Crippen molar-refractivity contribution in [2.45, 2.75) is 83.6 Å². The predicted octanol–water partition coefficient (Wildman–Crippen LogP) is 7.52. The van der Waals surface area contributed by atoms with E-state index in [2.05, 4.69) is 26.2 Å². The topological polar surface area (TPSA) is 93.5 Å². The van der Waals surface area contributed by atoms with E-state index in [4.69, 9.17) is 16.3 Å². The maximum Gasteiger partial charge on any atom is 0.416 e. The second-order valence-electron chi connectivity index (χ2n) is 11.5. The summed E-state index contributed by atoms with van der Waals surface area (Å²) < 4.78 is 61.1. The molecular weight excluding hydrogens is 697 g/mol. The molecule has 0 saturated carbocycles. The highest BCUT2D eigenvalue weighted by molar-refractivity contribution is 9.10. The Labute approximate surface area is 277 Å². The smallest absolute Gasteiger partial charge is 0.416 e. The first-order chi connectivity index (χ1) is 21.1. The molecule has 8 nitrogen and oxygen atoms in total. The number of halogens is 5. The van der Waals surface area contributed by atoms with Crippen LogP contribution in [-0.2, 0) is 34.8 Å². The van der Waals surface area contributed by atoms with Crippen LogP contribution in [0.25, 0.3) is 10.9 Å². The molecule has 0 spiro atoms. The summed E-state index contributed by atoms with van der Waals surface area (Å²) >= 11 is 9.45. The average Bonchev–Trinajstić information content (AvgIpc) is 2.95. The van der Waals surface area contributed by atoms with E-state index in [1.807, 2.05) is 32.6 Å². The summed E-state index contributed by atoms with van der Waals surface area (Å²) in [5.74, 6) is 0.376. The van der Waals surface area contributed by atoms with Crippen LogP contribution in [0.15, 0.2) is 44.8 Å². The number of hydrogen-bond acceptors (Lipinski definition) is 6. The molecule has 1 aliphatic heterocycles. The zero-order chi connectivity index (χ0) is 33.5. The molecule has 2 aromatic carbocycles. The molecule has 1 atom stereocenters. The normalized spacial score (nSPS) is 14.9. The largest absolute Gasteiger partial charge is 0.444 e. The molecule has 2 heterocycles. The zero-order valence-corrected chi connectivity index (χ0v) is 29.2. The van der Waals surface area contributed by atoms with E-state index < -0.39 is 28.1 Å². The van der Waals surface area contributed by atoms with Gasteiger partial charge in [-0.05, 0) is 105 Å². The Morgan fingerprint density at radius 1 is 1.11 bits per heavy atom. The zero-order valence-electron chi connectivity index (χ0n) is 26.0. The van der Waals surface area contributed by atoms with E-state index in [-0.39, 0.29) is 45.7 Å². The van der Waals surface area contributed by atoms with E-state index in [9.17, 15) is 27.0 Å². The number of hydrogen-bond donors (Lipinski definition) is 1. The second kappa shape index (κ2) is 15.9. The number of fused-ring (bicyclic) bond motifs is 1. The standard InChI is InChI=1S/C24H24BrClF3N3O2S.C7H15NO2/c1-2-35(34)20-7-6-16(26)10-15(20)12-32-14-30-22-17(23(32)33)11-19(24(27,28)29)18(21(22)25)13-31-8-4-3-5-9-31;1-5-8-6(9)10-7(2,3)4/h6-7,10-11,14H,2-5,8-9,12-13H2,1H3;5H2,1-4H3,(H,8,9). The Kier molecular flexibility index (Phi) is 13.1. The van der Waals surface area contributed by atoms with Gasteiger partial charge in [0.05, 0.1) is 40.1 Å². The molecule has 14 heteroatoms. The third-order valence-corrected chi connectivity index (χ3v) is 9.39. The van der Waals surface area contributed by atoms with Crippen molar-refractivity contribution in [2.24, 2.45) is 0 Å². The Morgan fingerprint density at radius 3 is 2.36 bits per heavy atom. The van der Waals surface area contributed by atoms with Gasteiger partial charge in [0.2, 0.25) is 0 Å². The molecule has 248 valence electrons. The van der Waals surface area contributed by atoms with Crippen molar-refractivity contribution in [2.75, 3.05) is 25.4 Å². The number of nitrogens with zero attached hydrogens (tertiary/aromatic N) is 3. The van der Waals surface area contributed by atoms with Crippen molar-refractivity contribution in [3.8, 4) is 0 Å². The molecule has 0 aliphatic carbocycles. The first kappa shape index (κ1) is 37.0. The van der Waals surface area contributed by atoms with Gasteiger partial charge in [-0.3, -0.25) is 18.5 Å². The van der Waals surface area contributed by atoms with Gasteiger partial charge in [-0.1, -0.05) is 24.9 Å². The third kappa shape index (κ3) is 10.3. The average molecular weight is 736 g/mol. The maximum atomic E-state index is 14.1. The summed E-state index contributed by atoms with van der Waals surface area (Å²) in [6.45, 7) is 11.3. The lowest BCUT2D eigenvalue weighted by Crippen LogP contribution is -2.32. The highest BCUT2D eigenvalue weighted by Crippen LogP contribution is 2.39. The molecule has 1 amide bonds. The summed E-state index contributed by atoms with van der Waals surface area (Å²) in [4.78, 5) is 30.9. The maximum absolute atomic E-state index is 14.1. The summed E-state index contributed by atoms with van der Waals surface area (Å²) in [6, 6.07) is 5.78. The summed E-state index contributed by atoms with van der Waals surface area (Å²) in [5.41, 5.74) is -1.01. The Hall–Kier alpha value is -2.48. The van der Waals surface area contributed by atoms with E-state index in [1.165, 1.54) is 10.9 Å². The SMILES string of the molecule is CCNC(=O)OC(C)(C)C.CCS(=O)c1ccc(Cl)cc1Cn1cnc2c(Br)c(CN3CCCCC3)c(C(F)(F)F)cc2c1=O. The van der Waals surface area contributed by atoms with Crippen molar-refractivity contribution in [1.29, 1.82) is 0 Å². The number of alkyl carbamates (subject to hydrolysis) is 1. The van der Waals surface area contributed by atoms with Gasteiger partial charge in [-0.25, -0.2) is 9.78 Å². The number of piperidine rings is 1. The lowest BCUT2D eigenvalue weighted by molar-refractivity contribution is -0.138. The van der Waals surface area contributed by atoms with Crippen LogP contribution in [0.5, 0.6) is 0 Å². The Balaban J connectivity index is 0.000000477. The number of rotatable bonds is 7. The quantitative estimate of drug-likeness (QED) is 0.270. The summed E-state index contributed by atoms with van der Waals surface area (Å²) in [6.07, 6.45) is -0.703. The molecule has 3 aromatic rings. The summed E-state index contributed by atoms with van der Waals surface area (Å²) in [7, 11) is -1.30. The molecule has 1 N–H and O–H groups in total. The van der Waals surface area contributed by atoms with Crippen molar-refractivity contribution < 1.29 is 26.9 Å². The molecular formula is C31H39BrClF3N4O4S. The third-order valence-electron chi connectivity index (χ3n) is 6.89. The number of benzene rings is 2. The minimum atomic E-state index is -4.63. The number of aromatic nitrogens is 2. The number of ether oxygens (including phenoxy) is 1. The van der Waals surface area contributed by atoms with Crippen LogP contribution in [0.1, 0.15) is 70.6 Å². The van der Waals surface area contributed by atoms with Gasteiger partial charge < -0.3 is 10.1 Å². The Bertz CT molecular complexity index is 1590. The molecule has 4 rings (SSSR count). The first-order valence-electron chi connectivity index (χ1n) is 14.7. The lowest BCUT2D eigenvalue weighted by atomic mass is 10.0. The minimum Gasteiger partial charge on any atom is -0.444 e. The van der Waals surface area contributed by atoms with Crippen LogP contribution in [0, 0.1) is 0 Å². The molecule has 0 radical (unpaired) electrons. The number of alkyl halides is 3. The van der Waals surface area contributed by atoms with Crippen LogP contribution >= 0.6 is 27.5 Å². The second-order valence-corrected chi connectivity index (χ2v) is 14.5. The Morgan fingerprint density at radius 2 is 1.78 bits per heavy atom.